The molecule has 5 rings (SSSR count). The van der Waals surface area contributed by atoms with Gasteiger partial charge in [-0.15, -0.1) is 0 Å². The standard InChI is InChI=1S/C34H42/c1-3-5-7-9-11-13-15-25-17-19-27-29(21-25)33-23-32-28-20-18-26(16-14-12-10-8-6-4-2)22-30(28)34(32)24-31(27)33/h17-24H,3-16H2,1-2H3. The summed E-state index contributed by atoms with van der Waals surface area (Å²) in [6, 6.07) is 19.4. The Balaban J connectivity index is 1.27. The van der Waals surface area contributed by atoms with Crippen LogP contribution in [0.5, 0.6) is 0 Å². The van der Waals surface area contributed by atoms with E-state index in [1.54, 1.807) is 0 Å². The Bertz CT molecular complexity index is 1220. The molecule has 0 spiro atoms. The molecule has 0 heteroatoms. The molecule has 0 radical (unpaired) electrons. The molecule has 0 N–H and O–H groups in total. The maximum absolute atomic E-state index is 2.47. The van der Waals surface area contributed by atoms with Crippen molar-refractivity contribution in [3.63, 3.8) is 0 Å². The van der Waals surface area contributed by atoms with Gasteiger partial charge in [0.05, 0.1) is 0 Å². The van der Waals surface area contributed by atoms with Gasteiger partial charge in [-0.3, -0.25) is 0 Å². The summed E-state index contributed by atoms with van der Waals surface area (Å²) in [6.45, 7) is 4.58. The van der Waals surface area contributed by atoms with Gasteiger partial charge in [-0.2, -0.15) is 0 Å². The largest absolute Gasteiger partial charge is 0.0654 e. The quantitative estimate of drug-likeness (QED) is 0.148. The minimum atomic E-state index is 1.23. The summed E-state index contributed by atoms with van der Waals surface area (Å²) in [5.74, 6) is 0. The highest BCUT2D eigenvalue weighted by molar-refractivity contribution is 6.34. The Labute approximate surface area is 206 Å². The fourth-order valence-electron chi connectivity index (χ4n) is 5.99. The third-order valence-corrected chi connectivity index (χ3v) is 8.12. The monoisotopic (exact) mass is 450 g/mol. The summed E-state index contributed by atoms with van der Waals surface area (Å²) in [5.41, 5.74) is 3.03. The Morgan fingerprint density at radius 3 is 1.15 bits per heavy atom. The first-order chi connectivity index (χ1) is 16.8. The molecule has 0 aliphatic heterocycles. The predicted molar refractivity (Wildman–Crippen MR) is 153 cm³/mol. The summed E-state index contributed by atoms with van der Waals surface area (Å²) in [6.07, 6.45) is 18.9. The second kappa shape index (κ2) is 10.9. The first-order valence-electron chi connectivity index (χ1n) is 14.3. The van der Waals surface area contributed by atoms with Crippen molar-refractivity contribution in [2.24, 2.45) is 0 Å². The molecule has 0 amide bonds. The van der Waals surface area contributed by atoms with Gasteiger partial charge in [0.1, 0.15) is 0 Å². The zero-order valence-electron chi connectivity index (χ0n) is 21.5. The zero-order valence-corrected chi connectivity index (χ0v) is 21.5. The SMILES string of the molecule is CCCCCCCCc1ccc2c(c1)c1cc3c4ccc(CCCCCCCC)cc4c3cc21. The Kier molecular flexibility index (Phi) is 7.53. The molecule has 0 unspecified atom stereocenters. The molecule has 0 atom stereocenters. The number of benzene rings is 3. The molecule has 5 aromatic carbocycles. The van der Waals surface area contributed by atoms with Crippen LogP contribution in [0.3, 0.4) is 0 Å². The number of unbranched alkanes of at least 4 members (excludes halogenated alkanes) is 10. The fraction of sp³-hybridized carbons (Fsp3) is 0.471. The average Bonchev–Trinajstić information content (AvgIpc) is 2.85. The first kappa shape index (κ1) is 23.4. The summed E-state index contributed by atoms with van der Waals surface area (Å²) < 4.78 is 0. The van der Waals surface area contributed by atoms with Crippen LogP contribution in [-0.4, -0.2) is 0 Å². The van der Waals surface area contributed by atoms with Gasteiger partial charge < -0.3 is 0 Å². The maximum atomic E-state index is 2.47. The highest BCUT2D eigenvalue weighted by atomic mass is 14.2. The van der Waals surface area contributed by atoms with Crippen LogP contribution < -0.4 is 0 Å². The normalized spacial score (nSPS) is 12.3. The van der Waals surface area contributed by atoms with E-state index in [4.69, 9.17) is 0 Å². The van der Waals surface area contributed by atoms with Crippen LogP contribution in [0.1, 0.15) is 102 Å². The van der Waals surface area contributed by atoms with Crippen molar-refractivity contribution >= 4 is 43.1 Å². The molecule has 178 valence electrons. The zero-order chi connectivity index (χ0) is 23.3. The smallest absolute Gasteiger partial charge is 0.00922 e. The first-order valence-corrected chi connectivity index (χ1v) is 14.3. The van der Waals surface area contributed by atoms with Gasteiger partial charge in [0.15, 0.2) is 0 Å². The molecule has 0 aliphatic carbocycles. The molecular formula is C34H42. The van der Waals surface area contributed by atoms with E-state index in [1.807, 2.05) is 0 Å². The van der Waals surface area contributed by atoms with E-state index in [-0.39, 0.29) is 0 Å². The lowest BCUT2D eigenvalue weighted by Crippen LogP contribution is -1.94. The third kappa shape index (κ3) is 4.74. The Hall–Kier alpha value is -2.34. The van der Waals surface area contributed by atoms with Crippen LogP contribution in [0.2, 0.25) is 0 Å². The van der Waals surface area contributed by atoms with Crippen molar-refractivity contribution < 1.29 is 0 Å². The maximum Gasteiger partial charge on any atom is -0.00922 e. The average molecular weight is 451 g/mol. The van der Waals surface area contributed by atoms with Crippen LogP contribution in [0.15, 0.2) is 48.5 Å². The molecule has 0 saturated heterocycles. The van der Waals surface area contributed by atoms with E-state index in [2.05, 4.69) is 62.4 Å². The van der Waals surface area contributed by atoms with E-state index in [0.29, 0.717) is 0 Å². The molecule has 0 heterocycles. The van der Waals surface area contributed by atoms with E-state index in [0.717, 1.165) is 0 Å². The summed E-state index contributed by atoms with van der Waals surface area (Å²) in [5, 5.41) is 11.8. The second-order valence-electron chi connectivity index (χ2n) is 10.7. The van der Waals surface area contributed by atoms with E-state index >= 15 is 0 Å². The topological polar surface area (TPSA) is 0 Å². The molecule has 0 fully saturated rings. The molecule has 34 heavy (non-hydrogen) atoms. The summed E-state index contributed by atoms with van der Waals surface area (Å²) >= 11 is 0. The van der Waals surface area contributed by atoms with E-state index in [9.17, 15) is 0 Å². The number of aryl methyl sites for hydroxylation is 2. The molecular weight excluding hydrogens is 408 g/mol. The third-order valence-electron chi connectivity index (χ3n) is 8.12. The molecule has 0 aromatic heterocycles. The number of hydrogen-bond donors (Lipinski definition) is 0. The van der Waals surface area contributed by atoms with E-state index < -0.39 is 0 Å². The van der Waals surface area contributed by atoms with Crippen molar-refractivity contribution in [3.05, 3.63) is 59.7 Å². The van der Waals surface area contributed by atoms with Gasteiger partial charge in [0.25, 0.3) is 0 Å². The predicted octanol–water partition coefficient (Wildman–Crippen LogP) is 11.0. The number of hydrogen-bond acceptors (Lipinski definition) is 0. The molecule has 0 bridgehead atoms. The number of rotatable bonds is 14. The minimum absolute atomic E-state index is 1.23. The van der Waals surface area contributed by atoms with Crippen LogP contribution in [0.25, 0.3) is 43.1 Å². The van der Waals surface area contributed by atoms with Gasteiger partial charge in [0, 0.05) is 0 Å². The van der Waals surface area contributed by atoms with Gasteiger partial charge >= 0.3 is 0 Å². The van der Waals surface area contributed by atoms with Crippen LogP contribution in [0.4, 0.5) is 0 Å². The van der Waals surface area contributed by atoms with Crippen molar-refractivity contribution in [2.45, 2.75) is 104 Å². The Morgan fingerprint density at radius 2 is 0.706 bits per heavy atom. The van der Waals surface area contributed by atoms with Crippen LogP contribution in [-0.2, 0) is 12.8 Å². The lowest BCUT2D eigenvalue weighted by atomic mass is 9.84. The van der Waals surface area contributed by atoms with Gasteiger partial charge in [-0.1, -0.05) is 114 Å². The highest BCUT2D eigenvalue weighted by Crippen LogP contribution is 2.44. The van der Waals surface area contributed by atoms with Crippen molar-refractivity contribution in [1.82, 2.24) is 0 Å². The molecule has 0 saturated carbocycles. The number of fused-ring (bicyclic) bond motifs is 8. The van der Waals surface area contributed by atoms with Crippen molar-refractivity contribution in [2.75, 3.05) is 0 Å². The van der Waals surface area contributed by atoms with Gasteiger partial charge in [-0.05, 0) is 92.0 Å². The van der Waals surface area contributed by atoms with Crippen molar-refractivity contribution in [3.8, 4) is 0 Å². The Morgan fingerprint density at radius 1 is 0.353 bits per heavy atom. The molecule has 0 nitrogen and oxygen atoms in total. The van der Waals surface area contributed by atoms with Crippen LogP contribution in [0, 0.1) is 0 Å². The van der Waals surface area contributed by atoms with Gasteiger partial charge in [0.2, 0.25) is 0 Å². The van der Waals surface area contributed by atoms with Crippen molar-refractivity contribution in [1.29, 1.82) is 0 Å². The second-order valence-corrected chi connectivity index (χ2v) is 10.7. The van der Waals surface area contributed by atoms with Crippen LogP contribution >= 0.6 is 0 Å². The fourth-order valence-corrected chi connectivity index (χ4v) is 5.99. The lowest BCUT2D eigenvalue weighted by molar-refractivity contribution is 0.607. The molecule has 5 aromatic rings. The minimum Gasteiger partial charge on any atom is -0.0654 e. The lowest BCUT2D eigenvalue weighted by Gasteiger charge is -2.19. The summed E-state index contributed by atoms with van der Waals surface area (Å²) in [7, 11) is 0. The highest BCUT2D eigenvalue weighted by Gasteiger charge is 2.17. The van der Waals surface area contributed by atoms with Gasteiger partial charge in [-0.25, -0.2) is 0 Å². The van der Waals surface area contributed by atoms with E-state index in [1.165, 1.54) is 144 Å². The molecule has 0 aliphatic rings. The summed E-state index contributed by atoms with van der Waals surface area (Å²) in [4.78, 5) is 0.